The first-order valence-corrected chi connectivity index (χ1v) is 19.9. The molecule has 0 aliphatic carbocycles. The number of nitrogens with one attached hydrogen (secondary N) is 1. The van der Waals surface area contributed by atoms with Gasteiger partial charge >= 0.3 is 12.1 Å². The Bertz CT molecular complexity index is 1180. The first-order valence-electron chi connectivity index (χ1n) is 19.9. The predicted octanol–water partition coefficient (Wildman–Crippen LogP) is 5.89. The molecule has 0 saturated carbocycles. The molecular weight excluding hydrogens is 680 g/mol. The van der Waals surface area contributed by atoms with E-state index in [0.717, 1.165) is 38.0 Å². The Morgan fingerprint density at radius 1 is 1.19 bits per heavy atom. The fraction of sp³-hybridized carbons (Fsp3) is 0.780. The number of cyclic esters (lactones) is 1. The lowest BCUT2D eigenvalue weighted by Gasteiger charge is -2.31. The number of allylic oxidation sites excluding steroid dienone is 2. The summed E-state index contributed by atoms with van der Waals surface area (Å²) in [7, 11) is 1.71. The van der Waals surface area contributed by atoms with E-state index in [1.807, 2.05) is 52.8 Å². The number of ether oxygens (including phenoxy) is 5. The Kier molecular flexibility index (Phi) is 20.9. The number of aliphatic hydroxyl groups is 2. The van der Waals surface area contributed by atoms with Crippen LogP contribution in [0.15, 0.2) is 36.0 Å². The lowest BCUT2D eigenvalue weighted by atomic mass is 9.88. The summed E-state index contributed by atoms with van der Waals surface area (Å²) in [5, 5.41) is 24.3. The number of carbonyl (C=O) groups excluding carboxylic acids is 3. The first-order chi connectivity index (χ1) is 25.3. The molecule has 3 N–H and O–H groups in total. The summed E-state index contributed by atoms with van der Waals surface area (Å²) in [6.07, 6.45) is 10.3. The fourth-order valence-corrected chi connectivity index (χ4v) is 7.24. The van der Waals surface area contributed by atoms with Crippen LogP contribution in [0.1, 0.15) is 107 Å². The average Bonchev–Trinajstić information content (AvgIpc) is 3.75. The van der Waals surface area contributed by atoms with Crippen LogP contribution in [0.4, 0.5) is 4.79 Å². The second-order valence-electron chi connectivity index (χ2n) is 14.8. The fourth-order valence-electron chi connectivity index (χ4n) is 7.24. The first kappa shape index (κ1) is 46.4. The number of hydrogen-bond acceptors (Lipinski definition) is 11. The maximum absolute atomic E-state index is 12.9. The molecule has 304 valence electrons. The van der Waals surface area contributed by atoms with Crippen molar-refractivity contribution in [3.05, 3.63) is 36.0 Å². The largest absolute Gasteiger partial charge is 0.457 e. The summed E-state index contributed by atoms with van der Waals surface area (Å²) in [5.41, 5.74) is -0.626. The zero-order valence-electron chi connectivity index (χ0n) is 33.8. The van der Waals surface area contributed by atoms with Crippen molar-refractivity contribution in [2.45, 2.75) is 155 Å². The normalized spacial score (nSPS) is 31.4. The van der Waals surface area contributed by atoms with Crippen LogP contribution in [0, 0.1) is 17.8 Å². The lowest BCUT2D eigenvalue weighted by Crippen LogP contribution is -2.41. The molecule has 11 unspecified atom stereocenters. The zero-order valence-corrected chi connectivity index (χ0v) is 33.8. The van der Waals surface area contributed by atoms with E-state index >= 15 is 0 Å². The highest BCUT2D eigenvalue weighted by molar-refractivity contribution is 5.70. The molecule has 2 fully saturated rings. The number of aliphatic hydroxyl groups excluding tert-OH is 1. The number of nitrogens with zero attached hydrogens (tertiary/aromatic N) is 1. The monoisotopic (exact) mass is 751 g/mol. The predicted molar refractivity (Wildman–Crippen MR) is 205 cm³/mol. The standard InChI is InChI=1S/C39H64N2O10.C2H6/c1-8-31(47-7)29(5)36-37(50-36)35(51-38(45)40-20-13-23-41-21-11-12-22-41)27(3)15-10-9-14-26(2)34-28(4)16-17-32(48-25-42)39(6,46)19-18-30(43)24-33(44)49-34;1-2/h10,14-17,25,27-32,34-37,43,46H,8-9,11-13,18-24H2,1-7H3,(H,40,45);1-2H3/b15-10+,17-16+,26-14+;. The van der Waals surface area contributed by atoms with Crippen LogP contribution in [-0.2, 0) is 33.3 Å². The third-order valence-corrected chi connectivity index (χ3v) is 10.6. The van der Waals surface area contributed by atoms with Crippen molar-refractivity contribution in [2.24, 2.45) is 17.8 Å². The van der Waals surface area contributed by atoms with E-state index in [-0.39, 0.29) is 55.3 Å². The summed E-state index contributed by atoms with van der Waals surface area (Å²) < 4.78 is 28.8. The molecule has 3 aliphatic rings. The number of methoxy groups -OCH3 is 1. The van der Waals surface area contributed by atoms with Crippen LogP contribution in [-0.4, -0.2) is 115 Å². The maximum atomic E-state index is 12.9. The third-order valence-electron chi connectivity index (χ3n) is 10.6. The van der Waals surface area contributed by atoms with Crippen LogP contribution in [0.3, 0.4) is 0 Å². The summed E-state index contributed by atoms with van der Waals surface area (Å²) in [6.45, 7) is 19.5. The number of esters is 1. The molecule has 2 saturated heterocycles. The zero-order chi connectivity index (χ0) is 39.6. The Balaban J connectivity index is 0.00000477. The van der Waals surface area contributed by atoms with Crippen LogP contribution >= 0.6 is 0 Å². The second-order valence-corrected chi connectivity index (χ2v) is 14.8. The minimum atomic E-state index is -1.43. The molecule has 12 nitrogen and oxygen atoms in total. The number of alkyl carbamates (subject to hydrolysis) is 1. The van der Waals surface area contributed by atoms with E-state index in [1.54, 1.807) is 26.2 Å². The van der Waals surface area contributed by atoms with Crippen molar-refractivity contribution in [3.63, 3.8) is 0 Å². The highest BCUT2D eigenvalue weighted by Crippen LogP contribution is 2.39. The van der Waals surface area contributed by atoms with E-state index in [9.17, 15) is 24.6 Å². The number of epoxide rings is 1. The smallest absolute Gasteiger partial charge is 0.407 e. The Morgan fingerprint density at radius 2 is 1.89 bits per heavy atom. The van der Waals surface area contributed by atoms with Gasteiger partial charge in [-0.05, 0) is 90.1 Å². The quantitative estimate of drug-likeness (QED) is 0.0407. The van der Waals surface area contributed by atoms with Gasteiger partial charge in [0, 0.05) is 31.4 Å². The average molecular weight is 751 g/mol. The Hall–Kier alpha value is -2.77. The molecule has 3 aliphatic heterocycles. The summed E-state index contributed by atoms with van der Waals surface area (Å²) >= 11 is 0. The number of likely N-dealkylation sites (tertiary alicyclic amines) is 1. The van der Waals surface area contributed by atoms with Crippen LogP contribution < -0.4 is 5.32 Å². The van der Waals surface area contributed by atoms with Gasteiger partial charge in [-0.25, -0.2) is 4.79 Å². The van der Waals surface area contributed by atoms with E-state index in [1.165, 1.54) is 12.8 Å². The Labute approximate surface area is 318 Å². The molecule has 0 aromatic heterocycles. The number of carbonyl (C=O) groups is 3. The van der Waals surface area contributed by atoms with Crippen molar-refractivity contribution >= 4 is 18.5 Å². The molecule has 3 rings (SSSR count). The van der Waals surface area contributed by atoms with Gasteiger partial charge in [0.25, 0.3) is 6.47 Å². The highest BCUT2D eigenvalue weighted by atomic mass is 16.6. The van der Waals surface area contributed by atoms with E-state index in [0.29, 0.717) is 19.4 Å². The van der Waals surface area contributed by atoms with Crippen molar-refractivity contribution in [1.82, 2.24) is 10.2 Å². The molecule has 12 heteroatoms. The molecule has 0 aromatic rings. The topological polar surface area (TPSA) is 156 Å². The van der Waals surface area contributed by atoms with Crippen molar-refractivity contribution in [3.8, 4) is 0 Å². The van der Waals surface area contributed by atoms with Crippen LogP contribution in [0.2, 0.25) is 0 Å². The van der Waals surface area contributed by atoms with E-state index in [4.69, 9.17) is 23.7 Å². The molecule has 0 aromatic carbocycles. The number of amides is 1. The summed E-state index contributed by atoms with van der Waals surface area (Å²) in [6, 6.07) is 0. The second kappa shape index (κ2) is 23.9. The van der Waals surface area contributed by atoms with Gasteiger partial charge in [0.05, 0.1) is 24.7 Å². The molecule has 0 radical (unpaired) electrons. The van der Waals surface area contributed by atoms with Crippen molar-refractivity contribution < 1.29 is 48.3 Å². The minimum absolute atomic E-state index is 0.0426. The van der Waals surface area contributed by atoms with Crippen molar-refractivity contribution in [1.29, 1.82) is 0 Å². The molecular formula is C41H70N2O10. The summed E-state index contributed by atoms with van der Waals surface area (Å²) in [4.78, 5) is 39.3. The Morgan fingerprint density at radius 3 is 2.53 bits per heavy atom. The van der Waals surface area contributed by atoms with Gasteiger partial charge in [0.1, 0.15) is 30.0 Å². The molecule has 11 atom stereocenters. The highest BCUT2D eigenvalue weighted by Gasteiger charge is 2.52. The van der Waals surface area contributed by atoms with Crippen molar-refractivity contribution in [2.75, 3.05) is 33.3 Å². The van der Waals surface area contributed by atoms with Gasteiger partial charge in [0.15, 0.2) is 0 Å². The maximum Gasteiger partial charge on any atom is 0.407 e. The van der Waals surface area contributed by atoms with E-state index < -0.39 is 42.1 Å². The van der Waals surface area contributed by atoms with Gasteiger partial charge in [-0.3, -0.25) is 9.59 Å². The lowest BCUT2D eigenvalue weighted by molar-refractivity contribution is -0.152. The van der Waals surface area contributed by atoms with Crippen LogP contribution in [0.25, 0.3) is 0 Å². The number of hydrogen-bond donors (Lipinski definition) is 3. The SMILES string of the molecule is CC.CCC(OC)C(C)C1OC1C(OC(=O)NCCCN1CCCC1)C(C)/C=C/C/C=C(\C)C1OC(=O)CC(O)CCC(C)(O)C(OC=O)/C=C/C1C. The molecule has 1 amide bonds. The van der Waals surface area contributed by atoms with Gasteiger partial charge in [-0.1, -0.05) is 65.8 Å². The van der Waals surface area contributed by atoms with Gasteiger partial charge in [-0.15, -0.1) is 0 Å². The van der Waals surface area contributed by atoms with Gasteiger partial charge in [-0.2, -0.15) is 0 Å². The molecule has 53 heavy (non-hydrogen) atoms. The van der Waals surface area contributed by atoms with Gasteiger partial charge in [0.2, 0.25) is 0 Å². The summed E-state index contributed by atoms with van der Waals surface area (Å²) in [5.74, 6) is -0.871. The molecule has 0 bridgehead atoms. The molecule has 0 spiro atoms. The number of rotatable bonds is 17. The van der Waals surface area contributed by atoms with Gasteiger partial charge < -0.3 is 44.1 Å². The minimum Gasteiger partial charge on any atom is -0.457 e. The van der Waals surface area contributed by atoms with E-state index in [2.05, 4.69) is 24.1 Å². The third kappa shape index (κ3) is 15.5. The molecule has 3 heterocycles. The van der Waals surface area contributed by atoms with Crippen LogP contribution in [0.5, 0.6) is 0 Å².